The second-order valence-corrected chi connectivity index (χ2v) is 6.20. The molecule has 0 saturated heterocycles. The number of nitrogens with zero attached hydrogens (tertiary/aromatic N) is 5. The van der Waals surface area contributed by atoms with E-state index in [9.17, 15) is 4.79 Å². The molecule has 112 valence electrons. The summed E-state index contributed by atoms with van der Waals surface area (Å²) in [7, 11) is 0. The van der Waals surface area contributed by atoms with Gasteiger partial charge in [0.1, 0.15) is 16.6 Å². The number of hydrogen-bond acceptors (Lipinski definition) is 6. The summed E-state index contributed by atoms with van der Waals surface area (Å²) < 4.78 is 1.54. The van der Waals surface area contributed by atoms with E-state index in [1.54, 1.807) is 29.8 Å². The lowest BCUT2D eigenvalue weighted by molar-refractivity contribution is -0.136. The number of carboxylic acids is 1. The van der Waals surface area contributed by atoms with Crippen molar-refractivity contribution in [2.45, 2.75) is 17.2 Å². The first-order valence-electron chi connectivity index (χ1n) is 6.28. The van der Waals surface area contributed by atoms with Gasteiger partial charge in [0.2, 0.25) is 0 Å². The number of hydrogen-bond donors (Lipinski definition) is 1. The molecular formula is C13H10ClN5O2S. The van der Waals surface area contributed by atoms with Gasteiger partial charge in [0.15, 0.2) is 11.2 Å². The van der Waals surface area contributed by atoms with Crippen LogP contribution in [-0.4, -0.2) is 41.3 Å². The van der Waals surface area contributed by atoms with Crippen molar-refractivity contribution in [1.29, 1.82) is 0 Å². The summed E-state index contributed by atoms with van der Waals surface area (Å²) in [5.74, 6) is -0.918. The van der Waals surface area contributed by atoms with Crippen molar-refractivity contribution in [1.82, 2.24) is 25.0 Å². The van der Waals surface area contributed by atoms with Crippen molar-refractivity contribution in [3.05, 3.63) is 35.6 Å². The number of benzene rings is 1. The molecule has 0 radical (unpaired) electrons. The van der Waals surface area contributed by atoms with Crippen molar-refractivity contribution < 1.29 is 9.90 Å². The molecule has 1 aromatic carbocycles. The van der Waals surface area contributed by atoms with Crippen molar-refractivity contribution in [3.8, 4) is 5.69 Å². The lowest BCUT2D eigenvalue weighted by Crippen LogP contribution is -2.11. The van der Waals surface area contributed by atoms with Crippen molar-refractivity contribution in [2.75, 3.05) is 0 Å². The topological polar surface area (TPSA) is 93.8 Å². The van der Waals surface area contributed by atoms with E-state index < -0.39 is 11.2 Å². The van der Waals surface area contributed by atoms with E-state index in [1.807, 2.05) is 6.07 Å². The van der Waals surface area contributed by atoms with Gasteiger partial charge in [0.25, 0.3) is 0 Å². The molecule has 0 bridgehead atoms. The van der Waals surface area contributed by atoms with Gasteiger partial charge in [0, 0.05) is 5.02 Å². The van der Waals surface area contributed by atoms with Crippen LogP contribution in [0.3, 0.4) is 0 Å². The summed E-state index contributed by atoms with van der Waals surface area (Å²) in [6, 6.07) is 7.13. The number of carboxylic acid groups (broad SMARTS) is 1. The lowest BCUT2D eigenvalue weighted by Gasteiger charge is -2.05. The highest BCUT2D eigenvalue weighted by molar-refractivity contribution is 8.00. The van der Waals surface area contributed by atoms with E-state index in [-0.39, 0.29) is 0 Å². The maximum atomic E-state index is 11.0. The van der Waals surface area contributed by atoms with Gasteiger partial charge in [-0.25, -0.2) is 9.97 Å². The van der Waals surface area contributed by atoms with E-state index in [0.29, 0.717) is 21.2 Å². The minimum atomic E-state index is -0.918. The minimum Gasteiger partial charge on any atom is -0.480 e. The molecule has 0 saturated carbocycles. The van der Waals surface area contributed by atoms with Crippen LogP contribution in [0.4, 0.5) is 0 Å². The van der Waals surface area contributed by atoms with E-state index >= 15 is 0 Å². The van der Waals surface area contributed by atoms with Gasteiger partial charge in [-0.1, -0.05) is 34.6 Å². The number of halogens is 1. The molecule has 1 unspecified atom stereocenters. The van der Waals surface area contributed by atoms with Gasteiger partial charge in [-0.2, -0.15) is 4.68 Å². The molecule has 1 atom stereocenters. The second-order valence-electron chi connectivity index (χ2n) is 4.43. The highest BCUT2D eigenvalue weighted by atomic mass is 35.5. The average Bonchev–Trinajstić information content (AvgIpc) is 2.92. The number of aromatic nitrogens is 5. The van der Waals surface area contributed by atoms with Gasteiger partial charge >= 0.3 is 5.97 Å². The maximum Gasteiger partial charge on any atom is 0.316 e. The summed E-state index contributed by atoms with van der Waals surface area (Å²) in [5, 5.41) is 17.6. The van der Waals surface area contributed by atoms with Crippen LogP contribution in [0.25, 0.3) is 16.9 Å². The zero-order valence-electron chi connectivity index (χ0n) is 11.3. The molecule has 22 heavy (non-hydrogen) atoms. The van der Waals surface area contributed by atoms with Crippen LogP contribution in [0.1, 0.15) is 6.92 Å². The molecule has 0 amide bonds. The predicted molar refractivity (Wildman–Crippen MR) is 82.4 cm³/mol. The van der Waals surface area contributed by atoms with Crippen LogP contribution in [0.2, 0.25) is 5.02 Å². The van der Waals surface area contributed by atoms with Crippen LogP contribution in [0.5, 0.6) is 0 Å². The first-order valence-corrected chi connectivity index (χ1v) is 7.54. The van der Waals surface area contributed by atoms with Crippen molar-refractivity contribution in [2.24, 2.45) is 0 Å². The standard InChI is InChI=1S/C13H10ClN5O2S/c1-7(13(20)21)22-12-10-11(15-6-16-12)19(18-17-10)9-4-2-3-8(14)5-9/h2-7H,1H3,(H,20,21). The number of aliphatic carboxylic acids is 1. The molecule has 0 aliphatic carbocycles. The number of rotatable bonds is 4. The quantitative estimate of drug-likeness (QED) is 0.578. The Morgan fingerprint density at radius 2 is 2.23 bits per heavy atom. The SMILES string of the molecule is CC(Sc1ncnc2c1nnn2-c1cccc(Cl)c1)C(=O)O. The Balaban J connectivity index is 2.07. The van der Waals surface area contributed by atoms with Crippen LogP contribution in [0, 0.1) is 0 Å². The monoisotopic (exact) mass is 335 g/mol. The molecule has 3 aromatic rings. The summed E-state index contributed by atoms with van der Waals surface area (Å²) in [6.45, 7) is 1.59. The lowest BCUT2D eigenvalue weighted by atomic mass is 10.3. The molecule has 0 aliphatic rings. The largest absolute Gasteiger partial charge is 0.480 e. The van der Waals surface area contributed by atoms with Gasteiger partial charge in [-0.15, -0.1) is 5.10 Å². The molecule has 3 rings (SSSR count). The molecule has 9 heteroatoms. The molecule has 7 nitrogen and oxygen atoms in total. The van der Waals surface area contributed by atoms with Gasteiger partial charge in [0.05, 0.1) is 5.69 Å². The summed E-state index contributed by atoms with van der Waals surface area (Å²) >= 11 is 7.08. The summed E-state index contributed by atoms with van der Waals surface area (Å²) in [5.41, 5.74) is 1.67. The fourth-order valence-corrected chi connectivity index (χ4v) is 2.79. The fourth-order valence-electron chi connectivity index (χ4n) is 1.81. The Morgan fingerprint density at radius 1 is 1.41 bits per heavy atom. The van der Waals surface area contributed by atoms with Gasteiger partial charge in [-0.05, 0) is 25.1 Å². The van der Waals surface area contributed by atoms with Gasteiger partial charge < -0.3 is 5.11 Å². The normalized spacial score (nSPS) is 12.5. The fraction of sp³-hybridized carbons (Fsp3) is 0.154. The maximum absolute atomic E-state index is 11.0. The van der Waals surface area contributed by atoms with Crippen molar-refractivity contribution >= 4 is 40.5 Å². The number of fused-ring (bicyclic) bond motifs is 1. The number of thioether (sulfide) groups is 1. The predicted octanol–water partition coefficient (Wildman–Crippen LogP) is 2.43. The molecular weight excluding hydrogens is 326 g/mol. The van der Waals surface area contributed by atoms with Crippen LogP contribution >= 0.6 is 23.4 Å². The van der Waals surface area contributed by atoms with E-state index in [0.717, 1.165) is 17.4 Å². The third-order valence-electron chi connectivity index (χ3n) is 2.89. The molecule has 1 N–H and O–H groups in total. The Hall–Kier alpha value is -2.19. The average molecular weight is 336 g/mol. The molecule has 0 aliphatic heterocycles. The van der Waals surface area contributed by atoms with Crippen LogP contribution in [-0.2, 0) is 4.79 Å². The second kappa shape index (κ2) is 5.90. The van der Waals surface area contributed by atoms with Crippen molar-refractivity contribution in [3.63, 3.8) is 0 Å². The third kappa shape index (κ3) is 2.75. The zero-order chi connectivity index (χ0) is 15.7. The Labute approximate surface area is 134 Å². The van der Waals surface area contributed by atoms with E-state index in [1.165, 1.54) is 6.33 Å². The molecule has 2 heterocycles. The third-order valence-corrected chi connectivity index (χ3v) is 4.21. The van der Waals surface area contributed by atoms with E-state index in [4.69, 9.17) is 16.7 Å². The molecule has 0 fully saturated rings. The first kappa shape index (κ1) is 14.7. The summed E-state index contributed by atoms with van der Waals surface area (Å²) in [6.07, 6.45) is 1.36. The van der Waals surface area contributed by atoms with Crippen LogP contribution in [0.15, 0.2) is 35.6 Å². The highest BCUT2D eigenvalue weighted by Gasteiger charge is 2.19. The van der Waals surface area contributed by atoms with Crippen LogP contribution < -0.4 is 0 Å². The molecule has 2 aromatic heterocycles. The zero-order valence-corrected chi connectivity index (χ0v) is 12.9. The Kier molecular flexibility index (Phi) is 3.95. The first-order chi connectivity index (χ1) is 10.6. The van der Waals surface area contributed by atoms with E-state index in [2.05, 4.69) is 20.3 Å². The molecule has 0 spiro atoms. The minimum absolute atomic E-state index is 0.459. The highest BCUT2D eigenvalue weighted by Crippen LogP contribution is 2.27. The Morgan fingerprint density at radius 3 is 2.95 bits per heavy atom. The summed E-state index contributed by atoms with van der Waals surface area (Å²) in [4.78, 5) is 19.3. The van der Waals surface area contributed by atoms with Gasteiger partial charge in [-0.3, -0.25) is 4.79 Å². The number of carbonyl (C=O) groups is 1. The Bertz CT molecular complexity index is 853. The smallest absolute Gasteiger partial charge is 0.316 e.